The molecule has 6 heteroatoms. The molecule has 4 nitrogen and oxygen atoms in total. The molecule has 0 unspecified atom stereocenters. The second-order valence-corrected chi connectivity index (χ2v) is 5.24. The Morgan fingerprint density at radius 2 is 2.24 bits per heavy atom. The number of halogens is 2. The van der Waals surface area contributed by atoms with Crippen LogP contribution >= 0.6 is 11.6 Å². The fourth-order valence-electron chi connectivity index (χ4n) is 2.06. The highest BCUT2D eigenvalue weighted by Crippen LogP contribution is 2.21. The first-order chi connectivity index (χ1) is 10.0. The molecule has 1 N–H and O–H groups in total. The summed E-state index contributed by atoms with van der Waals surface area (Å²) in [5, 5.41) is 2.56. The largest absolute Gasteiger partial charge is 0.456 e. The second kappa shape index (κ2) is 7.22. The summed E-state index contributed by atoms with van der Waals surface area (Å²) in [6, 6.07) is 3.90. The minimum Gasteiger partial charge on any atom is -0.456 e. The van der Waals surface area contributed by atoms with Gasteiger partial charge in [0.2, 0.25) is 0 Å². The fraction of sp³-hybridized carbons (Fsp3) is 0.333. The standard InChI is InChI=1S/C15H15ClFNO3/c16-11-5-6-13(12(17)8-11)18-14(19)9-21-15(20)7-10-3-1-2-4-10/h1,3,5-6,8,10H,2,4,7,9H2,(H,18,19)/t10-/m0/s1. The van der Waals surface area contributed by atoms with Gasteiger partial charge in [0.05, 0.1) is 12.1 Å². The van der Waals surface area contributed by atoms with E-state index in [1.54, 1.807) is 0 Å². The van der Waals surface area contributed by atoms with Crippen LogP contribution in [0.2, 0.25) is 5.02 Å². The average molecular weight is 312 g/mol. The molecule has 0 fully saturated rings. The van der Waals surface area contributed by atoms with Crippen LogP contribution in [0.5, 0.6) is 0 Å². The molecule has 2 rings (SSSR count). The van der Waals surface area contributed by atoms with Gasteiger partial charge in [-0.05, 0) is 37.0 Å². The molecule has 0 radical (unpaired) electrons. The number of nitrogens with one attached hydrogen (secondary N) is 1. The second-order valence-electron chi connectivity index (χ2n) is 4.80. The highest BCUT2D eigenvalue weighted by molar-refractivity contribution is 6.30. The number of hydrogen-bond donors (Lipinski definition) is 1. The highest BCUT2D eigenvalue weighted by Gasteiger charge is 2.16. The molecule has 0 saturated heterocycles. The Morgan fingerprint density at radius 1 is 1.43 bits per heavy atom. The van der Waals surface area contributed by atoms with Crippen LogP contribution in [0, 0.1) is 11.7 Å². The van der Waals surface area contributed by atoms with E-state index in [1.165, 1.54) is 12.1 Å². The molecule has 1 aliphatic carbocycles. The predicted octanol–water partition coefficient (Wildman–Crippen LogP) is 3.32. The van der Waals surface area contributed by atoms with Gasteiger partial charge in [0.1, 0.15) is 5.82 Å². The van der Waals surface area contributed by atoms with Gasteiger partial charge in [0.15, 0.2) is 6.61 Å². The number of carbonyl (C=O) groups excluding carboxylic acids is 2. The topological polar surface area (TPSA) is 55.4 Å². The quantitative estimate of drug-likeness (QED) is 0.670. The summed E-state index contributed by atoms with van der Waals surface area (Å²) in [5.41, 5.74) is -0.000764. The maximum Gasteiger partial charge on any atom is 0.306 e. The van der Waals surface area contributed by atoms with E-state index in [9.17, 15) is 14.0 Å². The number of hydrogen-bond acceptors (Lipinski definition) is 3. The SMILES string of the molecule is O=C(COC(=O)C[C@H]1C=CCC1)Nc1ccc(Cl)cc1F. The molecule has 1 aromatic rings. The zero-order valence-corrected chi connectivity index (χ0v) is 12.0. The van der Waals surface area contributed by atoms with Crippen molar-refractivity contribution in [1.29, 1.82) is 0 Å². The fourth-order valence-corrected chi connectivity index (χ4v) is 2.22. The van der Waals surface area contributed by atoms with Crippen molar-refractivity contribution in [2.75, 3.05) is 11.9 Å². The zero-order chi connectivity index (χ0) is 15.2. The molecule has 112 valence electrons. The van der Waals surface area contributed by atoms with E-state index >= 15 is 0 Å². The van der Waals surface area contributed by atoms with Crippen LogP contribution in [0.3, 0.4) is 0 Å². The molecule has 1 atom stereocenters. The monoisotopic (exact) mass is 311 g/mol. The van der Waals surface area contributed by atoms with Gasteiger partial charge in [-0.1, -0.05) is 23.8 Å². The van der Waals surface area contributed by atoms with E-state index in [0.717, 1.165) is 18.9 Å². The van der Waals surface area contributed by atoms with Gasteiger partial charge in [0.25, 0.3) is 5.91 Å². The summed E-state index contributed by atoms with van der Waals surface area (Å²) < 4.78 is 18.3. The van der Waals surface area contributed by atoms with Crippen molar-refractivity contribution in [2.24, 2.45) is 5.92 Å². The molecule has 1 aliphatic rings. The van der Waals surface area contributed by atoms with Gasteiger partial charge in [-0.25, -0.2) is 4.39 Å². The van der Waals surface area contributed by atoms with Gasteiger partial charge in [-0.15, -0.1) is 0 Å². The van der Waals surface area contributed by atoms with Crippen LogP contribution in [0.15, 0.2) is 30.4 Å². The van der Waals surface area contributed by atoms with Crippen molar-refractivity contribution in [2.45, 2.75) is 19.3 Å². The summed E-state index contributed by atoms with van der Waals surface area (Å²) >= 11 is 5.61. The number of allylic oxidation sites excluding steroid dienone is 2. The van der Waals surface area contributed by atoms with Crippen LogP contribution in [0.25, 0.3) is 0 Å². The van der Waals surface area contributed by atoms with E-state index in [4.69, 9.17) is 16.3 Å². The van der Waals surface area contributed by atoms with E-state index in [2.05, 4.69) is 5.32 Å². The molecule has 0 spiro atoms. The third kappa shape index (κ3) is 4.86. The summed E-state index contributed by atoms with van der Waals surface area (Å²) in [6.07, 6.45) is 6.16. The Bertz CT molecular complexity index is 574. The molecule has 0 heterocycles. The predicted molar refractivity (Wildman–Crippen MR) is 77.5 cm³/mol. The summed E-state index contributed by atoms with van der Waals surface area (Å²) in [4.78, 5) is 23.1. The van der Waals surface area contributed by atoms with Gasteiger partial charge in [-0.2, -0.15) is 0 Å². The Morgan fingerprint density at radius 3 is 2.90 bits per heavy atom. The number of anilines is 1. The molecule has 0 saturated carbocycles. The minimum atomic E-state index is -0.640. The van der Waals surface area contributed by atoms with Crippen LogP contribution in [-0.4, -0.2) is 18.5 Å². The number of amides is 1. The van der Waals surface area contributed by atoms with E-state index in [-0.39, 0.29) is 23.0 Å². The van der Waals surface area contributed by atoms with Crippen LogP contribution in [0.1, 0.15) is 19.3 Å². The van der Waals surface area contributed by atoms with Gasteiger partial charge >= 0.3 is 5.97 Å². The minimum absolute atomic E-state index is 0.000764. The first kappa shape index (κ1) is 15.5. The summed E-state index contributed by atoms with van der Waals surface area (Å²) in [7, 11) is 0. The van der Waals surface area contributed by atoms with Gasteiger partial charge in [0, 0.05) is 5.02 Å². The number of rotatable bonds is 5. The van der Waals surface area contributed by atoms with Gasteiger partial charge < -0.3 is 10.1 Å². The van der Waals surface area contributed by atoms with Crippen molar-refractivity contribution in [1.82, 2.24) is 0 Å². The lowest BCUT2D eigenvalue weighted by Gasteiger charge is -2.09. The van der Waals surface area contributed by atoms with Gasteiger partial charge in [-0.3, -0.25) is 9.59 Å². The Labute approximate surface area is 126 Å². The third-order valence-electron chi connectivity index (χ3n) is 3.11. The normalized spacial score (nSPS) is 16.8. The zero-order valence-electron chi connectivity index (χ0n) is 11.3. The molecular formula is C15H15ClFNO3. The van der Waals surface area contributed by atoms with E-state index in [0.29, 0.717) is 0 Å². The van der Waals surface area contributed by atoms with E-state index < -0.39 is 24.3 Å². The third-order valence-corrected chi connectivity index (χ3v) is 3.35. The highest BCUT2D eigenvalue weighted by atomic mass is 35.5. The van der Waals surface area contributed by atoms with Crippen LogP contribution < -0.4 is 5.32 Å². The van der Waals surface area contributed by atoms with Crippen LogP contribution in [-0.2, 0) is 14.3 Å². The van der Waals surface area contributed by atoms with E-state index in [1.807, 2.05) is 12.2 Å². The molecule has 0 aliphatic heterocycles. The maximum atomic E-state index is 13.5. The Kier molecular flexibility index (Phi) is 5.33. The first-order valence-corrected chi connectivity index (χ1v) is 6.99. The summed E-state index contributed by atoms with van der Waals surface area (Å²) in [6.45, 7) is -0.433. The van der Waals surface area contributed by atoms with Crippen LogP contribution in [0.4, 0.5) is 10.1 Å². The number of esters is 1. The smallest absolute Gasteiger partial charge is 0.306 e. The molecule has 1 amide bonds. The van der Waals surface area contributed by atoms with Crippen molar-refractivity contribution >= 4 is 29.2 Å². The number of carbonyl (C=O) groups is 2. The molecule has 1 aromatic carbocycles. The Balaban J connectivity index is 1.76. The maximum absolute atomic E-state index is 13.5. The first-order valence-electron chi connectivity index (χ1n) is 6.62. The van der Waals surface area contributed by atoms with Crippen molar-refractivity contribution in [3.63, 3.8) is 0 Å². The lowest BCUT2D eigenvalue weighted by molar-refractivity contribution is -0.147. The Hall–Kier alpha value is -1.88. The molecule has 0 bridgehead atoms. The average Bonchev–Trinajstić information content (AvgIpc) is 2.92. The lowest BCUT2D eigenvalue weighted by atomic mass is 10.1. The lowest BCUT2D eigenvalue weighted by Crippen LogP contribution is -2.22. The summed E-state index contributed by atoms with van der Waals surface area (Å²) in [5.74, 6) is -1.47. The molecular weight excluding hydrogens is 297 g/mol. The number of ether oxygens (including phenoxy) is 1. The molecule has 21 heavy (non-hydrogen) atoms. The van der Waals surface area contributed by atoms with Crippen molar-refractivity contribution in [3.8, 4) is 0 Å². The number of benzene rings is 1. The molecule has 0 aromatic heterocycles. The van der Waals surface area contributed by atoms with Crippen molar-refractivity contribution < 1.29 is 18.7 Å². The van der Waals surface area contributed by atoms with Crippen molar-refractivity contribution in [3.05, 3.63) is 41.2 Å².